The first-order valence-corrected chi connectivity index (χ1v) is 8.20. The van der Waals surface area contributed by atoms with Crippen molar-refractivity contribution in [2.24, 2.45) is 0 Å². The van der Waals surface area contributed by atoms with E-state index >= 15 is 0 Å². The molecule has 0 saturated carbocycles. The van der Waals surface area contributed by atoms with Gasteiger partial charge in [-0.2, -0.15) is 0 Å². The van der Waals surface area contributed by atoms with E-state index in [4.69, 9.17) is 16.3 Å². The number of ether oxygens (including phenoxy) is 1. The molecule has 5 nitrogen and oxygen atoms in total. The van der Waals surface area contributed by atoms with Gasteiger partial charge in [0.1, 0.15) is 5.75 Å². The molecule has 0 unspecified atom stereocenters. The molecule has 0 aliphatic heterocycles. The highest BCUT2D eigenvalue weighted by atomic mass is 35.5. The number of carbonyl (C=O) groups is 2. The lowest BCUT2D eigenvalue weighted by Crippen LogP contribution is -2.34. The summed E-state index contributed by atoms with van der Waals surface area (Å²) in [5.74, 6) is 0.0525. The van der Waals surface area contributed by atoms with Crippen molar-refractivity contribution in [1.82, 2.24) is 4.90 Å². The maximum atomic E-state index is 11.9. The first-order chi connectivity index (χ1) is 11.5. The molecule has 0 heterocycles. The molecule has 0 fully saturated rings. The Labute approximate surface area is 147 Å². The third kappa shape index (κ3) is 6.46. The van der Waals surface area contributed by atoms with Gasteiger partial charge in [0.25, 0.3) is 5.91 Å². The summed E-state index contributed by atoms with van der Waals surface area (Å²) in [6, 6.07) is 4.88. The molecule has 1 N–H and O–H groups in total. The van der Waals surface area contributed by atoms with E-state index < -0.39 is 0 Å². The van der Waals surface area contributed by atoms with Crippen molar-refractivity contribution >= 4 is 29.1 Å². The molecule has 130 valence electrons. The quantitative estimate of drug-likeness (QED) is 0.575. The molecule has 0 saturated heterocycles. The molecular weight excluding hydrogens is 328 g/mol. The molecule has 24 heavy (non-hydrogen) atoms. The fourth-order valence-electron chi connectivity index (χ4n) is 1.94. The highest BCUT2D eigenvalue weighted by Crippen LogP contribution is 2.27. The van der Waals surface area contributed by atoms with Crippen LogP contribution >= 0.6 is 11.6 Å². The second-order valence-electron chi connectivity index (χ2n) is 4.87. The zero-order valence-electron chi connectivity index (χ0n) is 14.2. The zero-order chi connectivity index (χ0) is 17.9. The molecule has 0 bridgehead atoms. The molecule has 1 rings (SSSR count). The molecule has 0 radical (unpaired) electrons. The number of likely N-dealkylation sites (N-methyl/N-ethyl adjacent to an activating group) is 1. The summed E-state index contributed by atoms with van der Waals surface area (Å²) in [6.07, 6.45) is 6.65. The number of amides is 2. The number of halogens is 1. The second-order valence-corrected chi connectivity index (χ2v) is 5.28. The van der Waals surface area contributed by atoms with Gasteiger partial charge < -0.3 is 15.0 Å². The van der Waals surface area contributed by atoms with Gasteiger partial charge in [-0.3, -0.25) is 9.59 Å². The van der Waals surface area contributed by atoms with Gasteiger partial charge in [-0.25, -0.2) is 0 Å². The van der Waals surface area contributed by atoms with Crippen molar-refractivity contribution in [1.29, 1.82) is 0 Å². The van der Waals surface area contributed by atoms with Crippen LogP contribution in [0.4, 0.5) is 5.69 Å². The average molecular weight is 351 g/mol. The Morgan fingerprint density at radius 3 is 2.54 bits per heavy atom. The van der Waals surface area contributed by atoms with Gasteiger partial charge in [0.2, 0.25) is 5.91 Å². The molecule has 0 aliphatic carbocycles. The van der Waals surface area contributed by atoms with Gasteiger partial charge in [-0.1, -0.05) is 29.8 Å². The third-order valence-electron chi connectivity index (χ3n) is 3.22. The normalized spacial score (nSPS) is 11.0. The molecule has 0 spiro atoms. The number of nitrogens with zero attached hydrogens (tertiary/aromatic N) is 1. The minimum absolute atomic E-state index is 0.0702. The summed E-state index contributed by atoms with van der Waals surface area (Å²) in [5.41, 5.74) is 0.553. The fraction of sp³-hybridized carbons (Fsp3) is 0.333. The number of anilines is 1. The Morgan fingerprint density at radius 2 is 1.96 bits per heavy atom. The summed E-state index contributed by atoms with van der Waals surface area (Å²) < 4.78 is 5.46. The summed E-state index contributed by atoms with van der Waals surface area (Å²) in [5, 5.41) is 3.03. The molecular formula is C18H23ClN2O3. The fourth-order valence-corrected chi connectivity index (χ4v) is 2.18. The predicted molar refractivity (Wildman–Crippen MR) is 97.5 cm³/mol. The molecule has 0 aromatic heterocycles. The predicted octanol–water partition coefficient (Wildman–Crippen LogP) is 3.66. The lowest BCUT2D eigenvalue weighted by molar-refractivity contribution is -0.133. The van der Waals surface area contributed by atoms with Crippen LogP contribution in [-0.4, -0.2) is 36.4 Å². The Bertz CT molecular complexity index is 623. The number of benzene rings is 1. The van der Waals surface area contributed by atoms with Crippen LogP contribution in [0.25, 0.3) is 0 Å². The Morgan fingerprint density at radius 1 is 1.25 bits per heavy atom. The van der Waals surface area contributed by atoms with Crippen LogP contribution in [0, 0.1) is 0 Å². The van der Waals surface area contributed by atoms with E-state index in [2.05, 4.69) is 5.32 Å². The van der Waals surface area contributed by atoms with Crippen LogP contribution in [0.2, 0.25) is 5.02 Å². The van der Waals surface area contributed by atoms with E-state index in [0.29, 0.717) is 29.5 Å². The van der Waals surface area contributed by atoms with Crippen molar-refractivity contribution < 1.29 is 14.3 Å². The number of allylic oxidation sites excluding steroid dienone is 3. The third-order valence-corrected chi connectivity index (χ3v) is 3.51. The summed E-state index contributed by atoms with van der Waals surface area (Å²) >= 11 is 6.14. The van der Waals surface area contributed by atoms with Crippen LogP contribution in [0.3, 0.4) is 0 Å². The smallest absolute Gasteiger partial charge is 0.260 e. The van der Waals surface area contributed by atoms with Crippen molar-refractivity contribution in [2.75, 3.05) is 25.0 Å². The van der Waals surface area contributed by atoms with Gasteiger partial charge in [0, 0.05) is 24.9 Å². The Balaban J connectivity index is 2.64. The van der Waals surface area contributed by atoms with Crippen LogP contribution in [-0.2, 0) is 9.59 Å². The Kier molecular flexibility index (Phi) is 8.65. The highest BCUT2D eigenvalue weighted by Gasteiger charge is 2.12. The van der Waals surface area contributed by atoms with E-state index in [0.717, 1.165) is 0 Å². The molecule has 6 heteroatoms. The van der Waals surface area contributed by atoms with Crippen molar-refractivity contribution in [3.63, 3.8) is 0 Å². The summed E-state index contributed by atoms with van der Waals surface area (Å²) in [4.78, 5) is 25.3. The minimum Gasteiger partial charge on any atom is -0.482 e. The van der Waals surface area contributed by atoms with Gasteiger partial charge in [-0.15, -0.1) is 0 Å². The maximum Gasteiger partial charge on any atom is 0.260 e. The van der Waals surface area contributed by atoms with Crippen LogP contribution in [0.15, 0.2) is 42.5 Å². The molecule has 1 aromatic rings. The van der Waals surface area contributed by atoms with E-state index in [-0.39, 0.29) is 18.4 Å². The molecule has 0 aliphatic rings. The van der Waals surface area contributed by atoms with Crippen LogP contribution in [0.5, 0.6) is 5.75 Å². The van der Waals surface area contributed by atoms with Gasteiger partial charge in [0.05, 0.1) is 5.02 Å². The lowest BCUT2D eigenvalue weighted by atomic mass is 10.3. The van der Waals surface area contributed by atoms with Crippen molar-refractivity contribution in [3.05, 3.63) is 47.5 Å². The average Bonchev–Trinajstić information content (AvgIpc) is 2.55. The molecule has 0 atom stereocenters. The SMILES string of the molecule is C/C=C/C=C/C(=O)Nc1ccc(OCC(=O)N(CC)CC)c(Cl)c1. The molecule has 2 amide bonds. The topological polar surface area (TPSA) is 58.6 Å². The molecule has 1 aromatic carbocycles. The maximum absolute atomic E-state index is 11.9. The first kappa shape index (κ1) is 19.8. The monoisotopic (exact) mass is 350 g/mol. The highest BCUT2D eigenvalue weighted by molar-refractivity contribution is 6.32. The van der Waals surface area contributed by atoms with Crippen molar-refractivity contribution in [3.8, 4) is 5.75 Å². The number of nitrogens with one attached hydrogen (secondary N) is 1. The summed E-state index contributed by atoms with van der Waals surface area (Å²) in [6.45, 7) is 6.90. The van der Waals surface area contributed by atoms with E-state index in [1.165, 1.54) is 6.08 Å². The van der Waals surface area contributed by atoms with Crippen molar-refractivity contribution in [2.45, 2.75) is 20.8 Å². The largest absolute Gasteiger partial charge is 0.482 e. The summed E-state index contributed by atoms with van der Waals surface area (Å²) in [7, 11) is 0. The second kappa shape index (κ2) is 10.5. The van der Waals surface area contributed by atoms with Gasteiger partial charge >= 0.3 is 0 Å². The van der Waals surface area contributed by atoms with Gasteiger partial charge in [0.15, 0.2) is 6.61 Å². The number of rotatable bonds is 8. The van der Waals surface area contributed by atoms with Crippen LogP contribution in [0.1, 0.15) is 20.8 Å². The van der Waals surface area contributed by atoms with Gasteiger partial charge in [-0.05, 0) is 39.0 Å². The van der Waals surface area contributed by atoms with E-state index in [1.807, 2.05) is 26.8 Å². The number of hydrogen-bond donors (Lipinski definition) is 1. The zero-order valence-corrected chi connectivity index (χ0v) is 15.0. The Hall–Kier alpha value is -2.27. The number of carbonyl (C=O) groups excluding carboxylic acids is 2. The van der Waals surface area contributed by atoms with Crippen LogP contribution < -0.4 is 10.1 Å². The van der Waals surface area contributed by atoms with E-state index in [1.54, 1.807) is 35.3 Å². The lowest BCUT2D eigenvalue weighted by Gasteiger charge is -2.19. The first-order valence-electron chi connectivity index (χ1n) is 7.82. The number of hydrogen-bond acceptors (Lipinski definition) is 3. The standard InChI is InChI=1S/C18H23ClN2O3/c1-4-7-8-9-17(22)20-14-10-11-16(15(19)12-14)24-13-18(23)21(5-2)6-3/h4,7-12H,5-6,13H2,1-3H3,(H,20,22)/b7-4+,9-8+. The minimum atomic E-state index is -0.255. The van der Waals surface area contributed by atoms with E-state index in [9.17, 15) is 9.59 Å².